The fourth-order valence-electron chi connectivity index (χ4n) is 0. The van der Waals surface area contributed by atoms with Crippen LogP contribution in [0.1, 0.15) is 0 Å². The Hall–Kier alpha value is 0.432. The van der Waals surface area contributed by atoms with Crippen LogP contribution >= 0.6 is 0 Å². The highest BCUT2D eigenvalue weighted by Gasteiger charge is 2.35. The molecule has 0 saturated heterocycles. The highest BCUT2D eigenvalue weighted by atomic mass is 32.2. The van der Waals surface area contributed by atoms with Crippen molar-refractivity contribution in [2.75, 3.05) is 0 Å². The Bertz CT molecular complexity index is 89.8. The molecule has 2 nitrogen and oxygen atoms in total. The van der Waals surface area contributed by atoms with Crippen LogP contribution in [0.3, 0.4) is 0 Å². The topological polar surface area (TPSA) is 37.3 Å². The maximum atomic E-state index is 10.6. The quantitative estimate of drug-likeness (QED) is 0.388. The van der Waals surface area contributed by atoms with E-state index in [2.05, 4.69) is 0 Å². The molecule has 0 aliphatic rings. The van der Waals surface area contributed by atoms with E-state index in [1.807, 2.05) is 0 Å². The number of hydrogen-bond acceptors (Lipinski definition) is 1. The number of alkyl halides is 3. The van der Waals surface area contributed by atoms with Gasteiger partial charge in [-0.15, -0.1) is 0 Å². The van der Waals surface area contributed by atoms with Gasteiger partial charge in [0, 0.05) is 0 Å². The van der Waals surface area contributed by atoms with Crippen LogP contribution in [-0.2, 0) is 11.1 Å². The van der Waals surface area contributed by atoms with E-state index in [0.29, 0.717) is 0 Å². The summed E-state index contributed by atoms with van der Waals surface area (Å²) in [6.45, 7) is 0. The largest absolute Gasteiger partial charge is 0.496 e. The Morgan fingerprint density at radius 1 is 1.38 bits per heavy atom. The second-order valence-corrected chi connectivity index (χ2v) is 1.66. The zero-order chi connectivity index (χ0) is 6.08. The average Bonchev–Trinajstić information content (AvgIpc) is 1.31. The number of hydrogen-bond donors (Lipinski definition) is 1. The van der Waals surface area contributed by atoms with Crippen LogP contribution in [0.2, 0.25) is 0 Å². The molecule has 1 N–H and O–H groups in total. The van der Waals surface area contributed by atoms with Crippen LogP contribution < -0.4 is 0 Å². The lowest BCUT2D eigenvalue weighted by Crippen LogP contribution is -2.14. The van der Waals surface area contributed by atoms with E-state index in [1.165, 1.54) is 0 Å². The maximum absolute atomic E-state index is 10.6. The lowest BCUT2D eigenvalue weighted by Gasteiger charge is -1.94. The summed E-state index contributed by atoms with van der Waals surface area (Å²) in [7, 11) is 0. The molecule has 0 heterocycles. The number of rotatable bonds is 0. The molecule has 0 amide bonds. The van der Waals surface area contributed by atoms with Gasteiger partial charge in [0.25, 0.3) is 11.1 Å². The minimum Gasteiger partial charge on any atom is -0.299 e. The van der Waals surface area contributed by atoms with Crippen molar-refractivity contribution < 1.29 is 21.9 Å². The van der Waals surface area contributed by atoms with Gasteiger partial charge < -0.3 is 0 Å². The van der Waals surface area contributed by atoms with Gasteiger partial charge in [-0.1, -0.05) is 0 Å². The molecule has 0 aromatic heterocycles. The summed E-state index contributed by atoms with van der Waals surface area (Å²) in [5.41, 5.74) is -4.97. The molecule has 0 fully saturated rings. The molecule has 0 radical (unpaired) electrons. The van der Waals surface area contributed by atoms with Crippen molar-refractivity contribution in [3.8, 4) is 0 Å². The highest BCUT2D eigenvalue weighted by molar-refractivity contribution is 7.80. The monoisotopic (exact) mass is 164 g/mol. The molecule has 0 aliphatic heterocycles. The first-order chi connectivity index (χ1) is 2.94. The Kier molecular flexibility index (Phi) is 4.86. The SMILES string of the molecule is O=S(O)C(F)(F)F.[AlH3]. The van der Waals surface area contributed by atoms with Crippen LogP contribution in [0, 0.1) is 0 Å². The van der Waals surface area contributed by atoms with Gasteiger partial charge in [-0.25, -0.2) is 4.21 Å². The van der Waals surface area contributed by atoms with Crippen LogP contribution in [0.15, 0.2) is 0 Å². The van der Waals surface area contributed by atoms with Crippen molar-refractivity contribution in [2.45, 2.75) is 5.51 Å². The first-order valence-electron chi connectivity index (χ1n) is 1.12. The Morgan fingerprint density at radius 2 is 1.50 bits per heavy atom. The fraction of sp³-hybridized carbons (Fsp3) is 1.00. The summed E-state index contributed by atoms with van der Waals surface area (Å²) >= 11 is -3.68. The van der Waals surface area contributed by atoms with Gasteiger partial charge in [-0.05, 0) is 0 Å². The predicted octanol–water partition coefficient (Wildman–Crippen LogP) is -0.456. The van der Waals surface area contributed by atoms with E-state index in [4.69, 9.17) is 8.76 Å². The predicted molar refractivity (Wildman–Crippen MR) is 26.8 cm³/mol. The summed E-state index contributed by atoms with van der Waals surface area (Å²) in [5.74, 6) is 0. The smallest absolute Gasteiger partial charge is 0.299 e. The normalized spacial score (nSPS) is 14.5. The molecular formula is CH4AlF3O2S. The molecule has 0 bridgehead atoms. The zero-order valence-electron chi connectivity index (χ0n) is 2.90. The second kappa shape index (κ2) is 3.46. The van der Waals surface area contributed by atoms with Crippen molar-refractivity contribution in [2.24, 2.45) is 0 Å². The maximum Gasteiger partial charge on any atom is 0.496 e. The molecule has 0 rings (SSSR count). The van der Waals surface area contributed by atoms with E-state index < -0.39 is 16.6 Å². The molecule has 0 aliphatic carbocycles. The molecule has 1 atom stereocenters. The molecular weight excluding hydrogens is 160 g/mol. The molecule has 0 spiro atoms. The van der Waals surface area contributed by atoms with Crippen molar-refractivity contribution in [1.82, 2.24) is 0 Å². The molecule has 7 heteroatoms. The van der Waals surface area contributed by atoms with E-state index in [0.717, 1.165) is 0 Å². The second-order valence-electron chi connectivity index (χ2n) is 0.695. The molecule has 1 unspecified atom stereocenters. The third-order valence-electron chi connectivity index (χ3n) is 0.198. The minimum absolute atomic E-state index is 0. The summed E-state index contributed by atoms with van der Waals surface area (Å²) < 4.78 is 48.1. The average molecular weight is 164 g/mol. The van der Waals surface area contributed by atoms with E-state index in [-0.39, 0.29) is 17.4 Å². The van der Waals surface area contributed by atoms with Crippen LogP contribution in [0.5, 0.6) is 0 Å². The number of halogens is 3. The molecule has 0 aromatic carbocycles. The fourth-order valence-corrected chi connectivity index (χ4v) is 0. The van der Waals surface area contributed by atoms with Gasteiger partial charge in [0.05, 0.1) is 0 Å². The van der Waals surface area contributed by atoms with Gasteiger partial charge in [-0.2, -0.15) is 13.2 Å². The summed E-state index contributed by atoms with van der Waals surface area (Å²) in [4.78, 5) is 0. The first-order valence-corrected chi connectivity index (χ1v) is 2.23. The lowest BCUT2D eigenvalue weighted by molar-refractivity contribution is -0.0446. The van der Waals surface area contributed by atoms with Crippen LogP contribution in [-0.4, -0.2) is 31.6 Å². The Balaban J connectivity index is 0. The van der Waals surface area contributed by atoms with Crippen molar-refractivity contribution in [1.29, 1.82) is 0 Å². The van der Waals surface area contributed by atoms with Crippen LogP contribution in [0.25, 0.3) is 0 Å². The van der Waals surface area contributed by atoms with Gasteiger partial charge in [0.2, 0.25) is 0 Å². The van der Waals surface area contributed by atoms with E-state index in [1.54, 1.807) is 0 Å². The summed E-state index contributed by atoms with van der Waals surface area (Å²) in [6.07, 6.45) is 0. The summed E-state index contributed by atoms with van der Waals surface area (Å²) in [5, 5.41) is 0. The molecule has 0 saturated carbocycles. The Labute approximate surface area is 56.5 Å². The van der Waals surface area contributed by atoms with Crippen LogP contribution in [0.4, 0.5) is 13.2 Å². The Morgan fingerprint density at radius 3 is 1.50 bits per heavy atom. The van der Waals surface area contributed by atoms with Crippen molar-refractivity contribution >= 4 is 28.4 Å². The minimum atomic E-state index is -4.97. The first kappa shape index (κ1) is 11.3. The standard InChI is InChI=1S/CHF3O2S.Al.3H/c2-1(3,4)7(5)6;;;;/h(H,5,6);;;;. The third kappa shape index (κ3) is 4.59. The zero-order valence-corrected chi connectivity index (χ0v) is 3.71. The molecule has 8 heavy (non-hydrogen) atoms. The van der Waals surface area contributed by atoms with E-state index >= 15 is 0 Å². The van der Waals surface area contributed by atoms with E-state index in [9.17, 15) is 13.2 Å². The molecule has 0 aromatic rings. The third-order valence-corrected chi connectivity index (χ3v) is 0.594. The van der Waals surface area contributed by atoms with Gasteiger partial charge >= 0.3 is 5.51 Å². The van der Waals surface area contributed by atoms with Gasteiger partial charge in [-0.3, -0.25) is 4.55 Å². The summed E-state index contributed by atoms with van der Waals surface area (Å²) in [6, 6.07) is 0. The highest BCUT2D eigenvalue weighted by Crippen LogP contribution is 2.16. The molecule has 50 valence electrons. The lowest BCUT2D eigenvalue weighted by atomic mass is 11.6. The van der Waals surface area contributed by atoms with Gasteiger partial charge in [0.15, 0.2) is 17.4 Å². The van der Waals surface area contributed by atoms with Gasteiger partial charge in [0.1, 0.15) is 0 Å². The van der Waals surface area contributed by atoms with Crippen molar-refractivity contribution in [3.05, 3.63) is 0 Å². The van der Waals surface area contributed by atoms with Crippen molar-refractivity contribution in [3.63, 3.8) is 0 Å².